The standard InChI is InChI=1S/C11H15N3O/c1-12-6-8-9(7-12)14-5-3-4-10(14)13(2)11(8)15/h4H,3,5-7H2,1-2H3. The molecule has 0 aromatic carbocycles. The van der Waals surface area contributed by atoms with Crippen molar-refractivity contribution in [1.82, 2.24) is 14.7 Å². The molecule has 0 atom stereocenters. The summed E-state index contributed by atoms with van der Waals surface area (Å²) in [5, 5.41) is 0. The van der Waals surface area contributed by atoms with E-state index in [-0.39, 0.29) is 5.91 Å². The number of nitrogens with zero attached hydrogens (tertiary/aromatic N) is 3. The molecule has 3 aliphatic heterocycles. The van der Waals surface area contributed by atoms with Gasteiger partial charge in [-0.1, -0.05) is 0 Å². The molecular weight excluding hydrogens is 190 g/mol. The normalized spacial score (nSPS) is 26.0. The van der Waals surface area contributed by atoms with Crippen LogP contribution in [-0.2, 0) is 4.79 Å². The van der Waals surface area contributed by atoms with Gasteiger partial charge < -0.3 is 4.90 Å². The van der Waals surface area contributed by atoms with Gasteiger partial charge in [0.1, 0.15) is 5.82 Å². The molecule has 0 aromatic rings. The molecule has 3 aliphatic rings. The summed E-state index contributed by atoms with van der Waals surface area (Å²) < 4.78 is 0. The van der Waals surface area contributed by atoms with Gasteiger partial charge in [-0.25, -0.2) is 0 Å². The van der Waals surface area contributed by atoms with E-state index < -0.39 is 0 Å². The van der Waals surface area contributed by atoms with Crippen LogP contribution < -0.4 is 0 Å². The van der Waals surface area contributed by atoms with Crippen molar-refractivity contribution in [2.45, 2.75) is 6.42 Å². The first-order valence-corrected chi connectivity index (χ1v) is 5.35. The topological polar surface area (TPSA) is 26.8 Å². The molecule has 0 spiro atoms. The first-order chi connectivity index (χ1) is 7.18. The van der Waals surface area contributed by atoms with Crippen molar-refractivity contribution in [2.24, 2.45) is 0 Å². The van der Waals surface area contributed by atoms with Crippen molar-refractivity contribution < 1.29 is 4.79 Å². The average molecular weight is 205 g/mol. The molecule has 1 amide bonds. The molecule has 0 saturated carbocycles. The van der Waals surface area contributed by atoms with Crippen LogP contribution in [0.5, 0.6) is 0 Å². The van der Waals surface area contributed by atoms with E-state index in [2.05, 4.69) is 22.9 Å². The van der Waals surface area contributed by atoms with Crippen LogP contribution in [0.15, 0.2) is 23.2 Å². The van der Waals surface area contributed by atoms with E-state index in [1.165, 1.54) is 5.70 Å². The number of amides is 1. The summed E-state index contributed by atoms with van der Waals surface area (Å²) in [6, 6.07) is 0. The fourth-order valence-corrected chi connectivity index (χ4v) is 2.65. The molecule has 3 rings (SSSR count). The van der Waals surface area contributed by atoms with Crippen LogP contribution in [0.25, 0.3) is 0 Å². The highest BCUT2D eigenvalue weighted by Crippen LogP contribution is 2.34. The number of hydrogen-bond donors (Lipinski definition) is 0. The van der Waals surface area contributed by atoms with Gasteiger partial charge in [-0.3, -0.25) is 14.6 Å². The second-order valence-electron chi connectivity index (χ2n) is 4.46. The summed E-state index contributed by atoms with van der Waals surface area (Å²) in [6.45, 7) is 2.73. The Hall–Kier alpha value is -1.29. The van der Waals surface area contributed by atoms with Crippen molar-refractivity contribution in [3.63, 3.8) is 0 Å². The monoisotopic (exact) mass is 205 g/mol. The number of hydrogen-bond acceptors (Lipinski definition) is 3. The minimum atomic E-state index is 0.179. The van der Waals surface area contributed by atoms with Crippen LogP contribution in [0.1, 0.15) is 6.42 Å². The zero-order valence-electron chi connectivity index (χ0n) is 9.16. The molecule has 0 aliphatic carbocycles. The zero-order chi connectivity index (χ0) is 10.6. The van der Waals surface area contributed by atoms with Crippen molar-refractivity contribution in [1.29, 1.82) is 0 Å². The maximum Gasteiger partial charge on any atom is 0.258 e. The van der Waals surface area contributed by atoms with Crippen LogP contribution in [-0.4, -0.2) is 54.3 Å². The molecule has 0 unspecified atom stereocenters. The number of likely N-dealkylation sites (N-methyl/N-ethyl adjacent to an activating group) is 2. The van der Waals surface area contributed by atoms with Gasteiger partial charge >= 0.3 is 0 Å². The molecule has 3 heterocycles. The molecule has 15 heavy (non-hydrogen) atoms. The molecule has 0 N–H and O–H groups in total. The maximum absolute atomic E-state index is 12.1. The van der Waals surface area contributed by atoms with E-state index in [4.69, 9.17) is 0 Å². The predicted octanol–water partition coefficient (Wildman–Crippen LogP) is 0.205. The van der Waals surface area contributed by atoms with E-state index in [0.717, 1.165) is 37.4 Å². The van der Waals surface area contributed by atoms with Gasteiger partial charge in [-0.05, 0) is 19.5 Å². The van der Waals surface area contributed by atoms with Gasteiger partial charge in [0.25, 0.3) is 5.91 Å². The molecule has 0 aromatic heterocycles. The molecular formula is C11H15N3O. The van der Waals surface area contributed by atoms with Gasteiger partial charge in [0.2, 0.25) is 0 Å². The highest BCUT2D eigenvalue weighted by atomic mass is 16.2. The fourth-order valence-electron chi connectivity index (χ4n) is 2.65. The summed E-state index contributed by atoms with van der Waals surface area (Å²) >= 11 is 0. The van der Waals surface area contributed by atoms with Crippen molar-refractivity contribution >= 4 is 5.91 Å². The number of carbonyl (C=O) groups is 1. The Morgan fingerprint density at radius 3 is 2.87 bits per heavy atom. The van der Waals surface area contributed by atoms with Crippen molar-refractivity contribution in [3.05, 3.63) is 23.2 Å². The summed E-state index contributed by atoms with van der Waals surface area (Å²) in [6.07, 6.45) is 3.20. The lowest BCUT2D eigenvalue weighted by Crippen LogP contribution is -2.41. The van der Waals surface area contributed by atoms with Gasteiger partial charge in [0.15, 0.2) is 0 Å². The fraction of sp³-hybridized carbons (Fsp3) is 0.545. The van der Waals surface area contributed by atoms with Crippen molar-refractivity contribution in [3.8, 4) is 0 Å². The SMILES string of the molecule is CN1CC2=C(C1)N1CCC=C1N(C)C2=O. The van der Waals surface area contributed by atoms with Crippen LogP contribution in [0.4, 0.5) is 0 Å². The number of fused-ring (bicyclic) bond motifs is 2. The first-order valence-electron chi connectivity index (χ1n) is 5.35. The quantitative estimate of drug-likeness (QED) is 0.565. The Morgan fingerprint density at radius 2 is 2.07 bits per heavy atom. The Balaban J connectivity index is 2.08. The van der Waals surface area contributed by atoms with Crippen molar-refractivity contribution in [2.75, 3.05) is 33.7 Å². The predicted molar refractivity (Wildman–Crippen MR) is 56.7 cm³/mol. The summed E-state index contributed by atoms with van der Waals surface area (Å²) in [4.78, 5) is 18.3. The smallest absolute Gasteiger partial charge is 0.258 e. The van der Waals surface area contributed by atoms with Crippen LogP contribution >= 0.6 is 0 Å². The summed E-state index contributed by atoms with van der Waals surface area (Å²) in [7, 11) is 3.93. The third kappa shape index (κ3) is 1.08. The lowest BCUT2D eigenvalue weighted by molar-refractivity contribution is -0.126. The molecule has 0 fully saturated rings. The van der Waals surface area contributed by atoms with E-state index in [1.807, 2.05) is 7.05 Å². The van der Waals surface area contributed by atoms with Crippen LogP contribution in [0.2, 0.25) is 0 Å². The van der Waals surface area contributed by atoms with Crippen LogP contribution in [0.3, 0.4) is 0 Å². The Labute approximate surface area is 89.4 Å². The highest BCUT2D eigenvalue weighted by Gasteiger charge is 2.38. The van der Waals surface area contributed by atoms with Gasteiger partial charge in [-0.2, -0.15) is 0 Å². The molecule has 0 saturated heterocycles. The second kappa shape index (κ2) is 2.85. The Bertz CT molecular complexity index is 397. The van der Waals surface area contributed by atoms with Gasteiger partial charge in [0, 0.05) is 32.4 Å². The first kappa shape index (κ1) is 8.97. The van der Waals surface area contributed by atoms with E-state index in [1.54, 1.807) is 4.90 Å². The highest BCUT2D eigenvalue weighted by molar-refractivity contribution is 5.97. The second-order valence-corrected chi connectivity index (χ2v) is 4.46. The third-order valence-corrected chi connectivity index (χ3v) is 3.38. The van der Waals surface area contributed by atoms with E-state index in [9.17, 15) is 4.79 Å². The lowest BCUT2D eigenvalue weighted by Gasteiger charge is -2.34. The summed E-state index contributed by atoms with van der Waals surface area (Å²) in [5.74, 6) is 1.26. The Morgan fingerprint density at radius 1 is 1.27 bits per heavy atom. The number of rotatable bonds is 0. The largest absolute Gasteiger partial charge is 0.330 e. The number of carbonyl (C=O) groups excluding carboxylic acids is 1. The van der Waals surface area contributed by atoms with Crippen LogP contribution in [0, 0.1) is 0 Å². The average Bonchev–Trinajstić information content (AvgIpc) is 2.79. The van der Waals surface area contributed by atoms with E-state index >= 15 is 0 Å². The molecule has 0 radical (unpaired) electrons. The van der Waals surface area contributed by atoms with E-state index in [0.29, 0.717) is 0 Å². The molecule has 80 valence electrons. The zero-order valence-corrected chi connectivity index (χ0v) is 9.16. The maximum atomic E-state index is 12.1. The Kier molecular flexibility index (Phi) is 1.71. The third-order valence-electron chi connectivity index (χ3n) is 3.38. The van der Waals surface area contributed by atoms with Gasteiger partial charge in [-0.15, -0.1) is 0 Å². The minimum absolute atomic E-state index is 0.179. The lowest BCUT2D eigenvalue weighted by atomic mass is 10.1. The minimum Gasteiger partial charge on any atom is -0.330 e. The summed E-state index contributed by atoms with van der Waals surface area (Å²) in [5.41, 5.74) is 2.21. The molecule has 4 heteroatoms. The molecule has 4 nitrogen and oxygen atoms in total. The van der Waals surface area contributed by atoms with Gasteiger partial charge in [0.05, 0.1) is 5.57 Å². The molecule has 0 bridgehead atoms.